The van der Waals surface area contributed by atoms with Gasteiger partial charge in [0.1, 0.15) is 10.2 Å². The molecule has 2 atom stereocenters. The van der Waals surface area contributed by atoms with Gasteiger partial charge in [-0.1, -0.05) is 46.1 Å². The number of halogens is 6. The number of aromatic nitrogens is 1. The Bertz CT molecular complexity index is 1520. The van der Waals surface area contributed by atoms with Crippen LogP contribution in [0.15, 0.2) is 54.6 Å². The van der Waals surface area contributed by atoms with Crippen LogP contribution in [0.5, 0.6) is 0 Å². The highest BCUT2D eigenvalue weighted by Crippen LogP contribution is 2.65. The van der Waals surface area contributed by atoms with E-state index < -0.39 is 33.8 Å². The number of nitrogens with zero attached hydrogens (tertiary/aromatic N) is 1. The molecule has 2 amide bonds. The molecule has 1 fully saturated rings. The Labute approximate surface area is 233 Å². The maximum atomic E-state index is 13.5. The molecule has 1 aliphatic carbocycles. The molecule has 184 valence electrons. The van der Waals surface area contributed by atoms with Crippen LogP contribution < -0.4 is 10.6 Å². The Hall–Kier alpha value is -2.13. The topological polar surface area (TPSA) is 71.1 Å². The summed E-state index contributed by atoms with van der Waals surface area (Å²) in [6.45, 7) is 0. The Morgan fingerprint density at radius 3 is 2.39 bits per heavy atom. The molecule has 1 saturated carbocycles. The van der Waals surface area contributed by atoms with E-state index in [0.717, 1.165) is 11.3 Å². The van der Waals surface area contributed by atoms with Crippen LogP contribution >= 0.6 is 69.3 Å². The first-order chi connectivity index (χ1) is 17.0. The summed E-state index contributed by atoms with van der Waals surface area (Å²) >= 11 is 32.4. The number of hydrogen-bond acceptors (Lipinski definition) is 4. The minimum atomic E-state index is -1.35. The SMILES string of the molecule is O=C(Nc1nc2ccc(F)cc2s1)c1cc(NC(=O)[C@@H]2[C@@H](c3cc(Cl)cc(Cl)c3)C2(Cl)Cl)ccc1Cl. The zero-order valence-electron chi connectivity index (χ0n) is 17.8. The minimum absolute atomic E-state index is 0.108. The van der Waals surface area contributed by atoms with Crippen LogP contribution in [0.1, 0.15) is 21.8 Å². The highest BCUT2D eigenvalue weighted by Gasteiger charge is 2.67. The van der Waals surface area contributed by atoms with E-state index in [1.807, 2.05) is 0 Å². The lowest BCUT2D eigenvalue weighted by atomic mass is 10.1. The highest BCUT2D eigenvalue weighted by molar-refractivity contribution is 7.22. The molecule has 1 aliphatic rings. The standard InChI is InChI=1S/C24H13Cl5FN3O2S/c25-11-5-10(6-12(26)7-11)19-20(24(19,28)29)22(35)31-14-2-3-16(27)15(9-14)21(34)33-23-32-17-4-1-13(30)8-18(17)36-23/h1-9,19-20H,(H,31,35)(H,32,33,34)/t19-,20+/m1/s1. The molecule has 0 saturated heterocycles. The fourth-order valence-corrected chi connectivity index (χ4v) is 6.40. The Morgan fingerprint density at radius 2 is 1.67 bits per heavy atom. The van der Waals surface area contributed by atoms with Crippen molar-refractivity contribution in [1.82, 2.24) is 4.98 Å². The number of hydrogen-bond donors (Lipinski definition) is 2. The highest BCUT2D eigenvalue weighted by atomic mass is 35.5. The maximum absolute atomic E-state index is 13.5. The number of carbonyl (C=O) groups excluding carboxylic acids is 2. The molecule has 3 aromatic carbocycles. The Kier molecular flexibility index (Phi) is 6.83. The van der Waals surface area contributed by atoms with Gasteiger partial charge in [0.05, 0.1) is 26.7 Å². The van der Waals surface area contributed by atoms with Crippen molar-refractivity contribution in [2.45, 2.75) is 10.3 Å². The van der Waals surface area contributed by atoms with E-state index in [1.54, 1.807) is 24.3 Å². The first-order valence-corrected chi connectivity index (χ1v) is 13.1. The van der Waals surface area contributed by atoms with Crippen LogP contribution in [0.2, 0.25) is 15.1 Å². The monoisotopic (exact) mass is 601 g/mol. The second-order valence-corrected chi connectivity index (χ2v) is 11.9. The number of amides is 2. The zero-order chi connectivity index (χ0) is 25.8. The first-order valence-electron chi connectivity index (χ1n) is 10.3. The van der Waals surface area contributed by atoms with Crippen molar-refractivity contribution in [2.24, 2.45) is 5.92 Å². The molecule has 12 heteroatoms. The largest absolute Gasteiger partial charge is 0.326 e. The zero-order valence-corrected chi connectivity index (χ0v) is 22.4. The molecule has 5 rings (SSSR count). The average Bonchev–Trinajstić information content (AvgIpc) is 3.16. The lowest BCUT2D eigenvalue weighted by Crippen LogP contribution is -2.18. The fourth-order valence-electron chi connectivity index (χ4n) is 3.94. The molecule has 0 bridgehead atoms. The van der Waals surface area contributed by atoms with Gasteiger partial charge < -0.3 is 5.32 Å². The van der Waals surface area contributed by atoms with E-state index in [2.05, 4.69) is 15.6 Å². The van der Waals surface area contributed by atoms with Crippen molar-refractivity contribution in [3.63, 3.8) is 0 Å². The molecule has 0 radical (unpaired) electrons. The Balaban J connectivity index is 1.33. The van der Waals surface area contributed by atoms with Gasteiger partial charge in [0, 0.05) is 21.7 Å². The number of alkyl halides is 2. The molecule has 4 aromatic rings. The van der Waals surface area contributed by atoms with E-state index >= 15 is 0 Å². The minimum Gasteiger partial charge on any atom is -0.326 e. The van der Waals surface area contributed by atoms with Crippen molar-refractivity contribution in [3.05, 3.63) is 86.6 Å². The molecule has 2 N–H and O–H groups in total. The molecule has 0 aliphatic heterocycles. The average molecular weight is 604 g/mol. The van der Waals surface area contributed by atoms with Gasteiger partial charge in [0.2, 0.25) is 5.91 Å². The number of rotatable bonds is 5. The quantitative estimate of drug-likeness (QED) is 0.226. The van der Waals surface area contributed by atoms with E-state index in [4.69, 9.17) is 58.0 Å². The molecular weight excluding hydrogens is 591 g/mol. The van der Waals surface area contributed by atoms with Gasteiger partial charge in [-0.3, -0.25) is 14.9 Å². The molecular formula is C24H13Cl5FN3O2S. The molecule has 36 heavy (non-hydrogen) atoms. The van der Waals surface area contributed by atoms with Crippen LogP contribution in [0.25, 0.3) is 10.2 Å². The molecule has 1 heterocycles. The van der Waals surface area contributed by atoms with Gasteiger partial charge in [-0.2, -0.15) is 0 Å². The number of fused-ring (bicyclic) bond motifs is 1. The summed E-state index contributed by atoms with van der Waals surface area (Å²) in [7, 11) is 0. The number of carbonyl (C=O) groups is 2. The molecule has 1 aromatic heterocycles. The summed E-state index contributed by atoms with van der Waals surface area (Å²) in [5.74, 6) is -2.67. The van der Waals surface area contributed by atoms with Crippen molar-refractivity contribution in [3.8, 4) is 0 Å². The van der Waals surface area contributed by atoms with Crippen LogP contribution in [0.4, 0.5) is 15.2 Å². The van der Waals surface area contributed by atoms with Gasteiger partial charge in [-0.15, -0.1) is 23.2 Å². The molecule has 5 nitrogen and oxygen atoms in total. The van der Waals surface area contributed by atoms with E-state index in [9.17, 15) is 14.0 Å². The maximum Gasteiger partial charge on any atom is 0.259 e. The predicted octanol–water partition coefficient (Wildman–Crippen LogP) is 8.17. The van der Waals surface area contributed by atoms with E-state index in [1.165, 1.54) is 30.3 Å². The summed E-state index contributed by atoms with van der Waals surface area (Å²) in [4.78, 5) is 30.2. The van der Waals surface area contributed by atoms with Crippen LogP contribution in [-0.2, 0) is 4.79 Å². The molecule has 0 unspecified atom stereocenters. The lowest BCUT2D eigenvalue weighted by Gasteiger charge is -2.09. The molecule has 0 spiro atoms. The second kappa shape index (κ2) is 9.63. The third-order valence-electron chi connectivity index (χ3n) is 5.63. The number of anilines is 2. The predicted molar refractivity (Wildman–Crippen MR) is 145 cm³/mol. The Morgan fingerprint density at radius 1 is 0.944 bits per heavy atom. The van der Waals surface area contributed by atoms with E-state index in [-0.39, 0.29) is 15.7 Å². The van der Waals surface area contributed by atoms with Crippen molar-refractivity contribution < 1.29 is 14.0 Å². The normalized spacial score (nSPS) is 18.2. The van der Waals surface area contributed by atoms with Gasteiger partial charge in [-0.05, 0) is 60.2 Å². The summed E-state index contributed by atoms with van der Waals surface area (Å²) < 4.78 is 12.7. The summed E-state index contributed by atoms with van der Waals surface area (Å²) in [5, 5.41) is 6.64. The third-order valence-corrected chi connectivity index (χ3v) is 8.27. The van der Waals surface area contributed by atoms with Crippen molar-refractivity contribution in [2.75, 3.05) is 10.6 Å². The lowest BCUT2D eigenvalue weighted by molar-refractivity contribution is -0.117. The van der Waals surface area contributed by atoms with Crippen molar-refractivity contribution >= 4 is 102 Å². The number of nitrogens with one attached hydrogen (secondary N) is 2. The summed E-state index contributed by atoms with van der Waals surface area (Å²) in [5.41, 5.74) is 1.62. The summed E-state index contributed by atoms with van der Waals surface area (Å²) in [6, 6.07) is 13.5. The number of benzene rings is 3. The van der Waals surface area contributed by atoms with Crippen molar-refractivity contribution in [1.29, 1.82) is 0 Å². The number of thiazole rings is 1. The fraction of sp³-hybridized carbons (Fsp3) is 0.125. The van der Waals surface area contributed by atoms with Gasteiger partial charge in [0.15, 0.2) is 5.13 Å². The van der Waals surface area contributed by atoms with Gasteiger partial charge in [0.25, 0.3) is 5.91 Å². The van der Waals surface area contributed by atoms with Crippen LogP contribution in [0, 0.1) is 11.7 Å². The second-order valence-electron chi connectivity index (χ2n) is 8.10. The van der Waals surface area contributed by atoms with E-state index in [0.29, 0.717) is 31.5 Å². The smallest absolute Gasteiger partial charge is 0.259 e. The van der Waals surface area contributed by atoms with Gasteiger partial charge in [-0.25, -0.2) is 9.37 Å². The summed E-state index contributed by atoms with van der Waals surface area (Å²) in [6.07, 6.45) is 0. The van der Waals surface area contributed by atoms with Gasteiger partial charge >= 0.3 is 0 Å². The third kappa shape index (κ3) is 5.01. The van der Waals surface area contributed by atoms with Crippen LogP contribution in [-0.4, -0.2) is 21.1 Å². The first kappa shape index (κ1) is 25.5. The van der Waals surface area contributed by atoms with Crippen LogP contribution in [0.3, 0.4) is 0 Å².